The summed E-state index contributed by atoms with van der Waals surface area (Å²) in [5, 5.41) is 11.7. The van der Waals surface area contributed by atoms with Crippen LogP contribution in [0.15, 0.2) is 35.2 Å². The lowest BCUT2D eigenvalue weighted by atomic mass is 10.2. The molecule has 6 nitrogen and oxygen atoms in total. The summed E-state index contributed by atoms with van der Waals surface area (Å²) in [5.74, 6) is 0.0460. The SMILES string of the molecule is COCCOC(=O)/C(C#N)=C/c1csc(-c2cccc(OC)c2)n1. The van der Waals surface area contributed by atoms with Gasteiger partial charge in [0.15, 0.2) is 0 Å². The van der Waals surface area contributed by atoms with E-state index in [1.165, 1.54) is 24.5 Å². The van der Waals surface area contributed by atoms with Gasteiger partial charge in [-0.25, -0.2) is 9.78 Å². The molecule has 0 aliphatic carbocycles. The standard InChI is InChI=1S/C17H16N2O4S/c1-21-6-7-23-17(20)13(10-18)8-14-11-24-16(19-14)12-4-3-5-15(9-12)22-2/h3-5,8-9,11H,6-7H2,1-2H3/b13-8+. The number of nitrogens with zero attached hydrogens (tertiary/aromatic N) is 2. The monoisotopic (exact) mass is 344 g/mol. The van der Waals surface area contributed by atoms with Crippen molar-refractivity contribution in [3.8, 4) is 22.4 Å². The highest BCUT2D eigenvalue weighted by molar-refractivity contribution is 7.13. The van der Waals surface area contributed by atoms with E-state index in [0.717, 1.165) is 16.3 Å². The normalized spacial score (nSPS) is 11.0. The van der Waals surface area contributed by atoms with Gasteiger partial charge in [-0.15, -0.1) is 11.3 Å². The van der Waals surface area contributed by atoms with E-state index in [0.29, 0.717) is 5.69 Å². The van der Waals surface area contributed by atoms with E-state index in [9.17, 15) is 4.79 Å². The maximum atomic E-state index is 11.8. The average molecular weight is 344 g/mol. The predicted molar refractivity (Wildman–Crippen MR) is 90.5 cm³/mol. The van der Waals surface area contributed by atoms with E-state index in [1.54, 1.807) is 12.5 Å². The van der Waals surface area contributed by atoms with Gasteiger partial charge in [0, 0.05) is 18.1 Å². The molecular weight excluding hydrogens is 328 g/mol. The van der Waals surface area contributed by atoms with Gasteiger partial charge in [-0.1, -0.05) is 12.1 Å². The molecule has 2 rings (SSSR count). The molecule has 124 valence electrons. The molecule has 0 unspecified atom stereocenters. The fourth-order valence-corrected chi connectivity index (χ4v) is 2.60. The van der Waals surface area contributed by atoms with E-state index in [4.69, 9.17) is 19.5 Å². The first kappa shape index (κ1) is 17.7. The molecule has 7 heteroatoms. The van der Waals surface area contributed by atoms with Crippen molar-refractivity contribution in [1.29, 1.82) is 5.26 Å². The zero-order chi connectivity index (χ0) is 17.4. The highest BCUT2D eigenvalue weighted by Gasteiger charge is 2.12. The van der Waals surface area contributed by atoms with E-state index < -0.39 is 5.97 Å². The second kappa shape index (κ2) is 8.82. The van der Waals surface area contributed by atoms with Crippen molar-refractivity contribution < 1.29 is 19.0 Å². The van der Waals surface area contributed by atoms with Crippen molar-refractivity contribution in [2.24, 2.45) is 0 Å². The lowest BCUT2D eigenvalue weighted by Crippen LogP contribution is -2.11. The number of aromatic nitrogens is 1. The Morgan fingerprint density at radius 1 is 1.38 bits per heavy atom. The number of ether oxygens (including phenoxy) is 3. The molecule has 0 saturated heterocycles. The minimum absolute atomic E-state index is 0.0977. The Hall–Kier alpha value is -2.69. The van der Waals surface area contributed by atoms with Gasteiger partial charge < -0.3 is 14.2 Å². The summed E-state index contributed by atoms with van der Waals surface area (Å²) in [4.78, 5) is 16.2. The number of carbonyl (C=O) groups is 1. The molecule has 0 spiro atoms. The van der Waals surface area contributed by atoms with Crippen molar-refractivity contribution in [3.63, 3.8) is 0 Å². The maximum Gasteiger partial charge on any atom is 0.349 e. The molecule has 1 aromatic carbocycles. The van der Waals surface area contributed by atoms with Crippen LogP contribution in [0.25, 0.3) is 16.6 Å². The Morgan fingerprint density at radius 2 is 2.21 bits per heavy atom. The number of hydrogen-bond acceptors (Lipinski definition) is 7. The Bertz CT molecular complexity index is 777. The average Bonchev–Trinajstić information content (AvgIpc) is 3.08. The van der Waals surface area contributed by atoms with Gasteiger partial charge in [-0.05, 0) is 18.2 Å². The van der Waals surface area contributed by atoms with Crippen LogP contribution in [0, 0.1) is 11.3 Å². The van der Waals surface area contributed by atoms with Crippen LogP contribution in [0.2, 0.25) is 0 Å². The van der Waals surface area contributed by atoms with Gasteiger partial charge in [0.25, 0.3) is 0 Å². The Kier molecular flexibility index (Phi) is 6.49. The van der Waals surface area contributed by atoms with Crippen LogP contribution in [-0.4, -0.2) is 38.4 Å². The first-order valence-corrected chi connectivity index (χ1v) is 7.93. The summed E-state index contributed by atoms with van der Waals surface area (Å²) in [6.07, 6.45) is 1.41. The number of thiazole rings is 1. The van der Waals surface area contributed by atoms with Crippen LogP contribution in [0.1, 0.15) is 5.69 Å². The molecule has 0 saturated carbocycles. The summed E-state index contributed by atoms with van der Waals surface area (Å²) < 4.78 is 14.9. The molecule has 0 N–H and O–H groups in total. The van der Waals surface area contributed by atoms with Crippen molar-refractivity contribution in [3.05, 3.63) is 40.9 Å². The van der Waals surface area contributed by atoms with Crippen molar-refractivity contribution in [2.75, 3.05) is 27.4 Å². The molecule has 0 bridgehead atoms. The molecule has 0 aliphatic rings. The second-order valence-corrected chi connectivity index (χ2v) is 5.47. The van der Waals surface area contributed by atoms with Crippen LogP contribution < -0.4 is 4.74 Å². The van der Waals surface area contributed by atoms with Gasteiger partial charge in [0.1, 0.15) is 29.0 Å². The topological polar surface area (TPSA) is 81.4 Å². The molecule has 0 atom stereocenters. The molecular formula is C17H16N2O4S. The fraction of sp³-hybridized carbons (Fsp3) is 0.235. The third kappa shape index (κ3) is 4.65. The number of esters is 1. The van der Waals surface area contributed by atoms with Crippen LogP contribution in [0.4, 0.5) is 0 Å². The van der Waals surface area contributed by atoms with E-state index >= 15 is 0 Å². The van der Waals surface area contributed by atoms with Gasteiger partial charge in [-0.3, -0.25) is 0 Å². The number of benzene rings is 1. The molecule has 0 aliphatic heterocycles. The third-order valence-corrected chi connectivity index (χ3v) is 3.90. The minimum Gasteiger partial charge on any atom is -0.497 e. The number of hydrogen-bond donors (Lipinski definition) is 0. The molecule has 1 heterocycles. The molecule has 0 fully saturated rings. The van der Waals surface area contributed by atoms with Crippen molar-refractivity contribution in [2.45, 2.75) is 0 Å². The first-order valence-electron chi connectivity index (χ1n) is 7.05. The van der Waals surface area contributed by atoms with E-state index in [2.05, 4.69) is 4.98 Å². The maximum absolute atomic E-state index is 11.8. The summed E-state index contributed by atoms with van der Waals surface area (Å²) >= 11 is 1.41. The van der Waals surface area contributed by atoms with Crippen LogP contribution in [-0.2, 0) is 14.3 Å². The van der Waals surface area contributed by atoms with Crippen molar-refractivity contribution >= 4 is 23.4 Å². The fourth-order valence-electron chi connectivity index (χ4n) is 1.82. The Balaban J connectivity index is 2.16. The third-order valence-electron chi connectivity index (χ3n) is 2.99. The van der Waals surface area contributed by atoms with Gasteiger partial charge in [0.2, 0.25) is 0 Å². The first-order chi connectivity index (χ1) is 11.7. The summed E-state index contributed by atoms with van der Waals surface area (Å²) in [7, 11) is 3.10. The molecule has 1 aromatic heterocycles. The second-order valence-electron chi connectivity index (χ2n) is 4.61. The summed E-state index contributed by atoms with van der Waals surface area (Å²) in [5.41, 5.74) is 1.33. The Morgan fingerprint density at radius 3 is 2.92 bits per heavy atom. The highest BCUT2D eigenvalue weighted by atomic mass is 32.1. The highest BCUT2D eigenvalue weighted by Crippen LogP contribution is 2.27. The quantitative estimate of drug-likeness (QED) is 0.332. The molecule has 0 radical (unpaired) electrons. The Labute approximate surface area is 143 Å². The van der Waals surface area contributed by atoms with Crippen LogP contribution in [0.3, 0.4) is 0 Å². The summed E-state index contributed by atoms with van der Waals surface area (Å²) in [6.45, 7) is 0.377. The van der Waals surface area contributed by atoms with Gasteiger partial charge >= 0.3 is 5.97 Å². The zero-order valence-corrected chi connectivity index (χ0v) is 14.1. The van der Waals surface area contributed by atoms with Gasteiger partial charge in [-0.2, -0.15) is 5.26 Å². The van der Waals surface area contributed by atoms with Crippen LogP contribution in [0.5, 0.6) is 5.75 Å². The van der Waals surface area contributed by atoms with Gasteiger partial charge in [0.05, 0.1) is 19.4 Å². The van der Waals surface area contributed by atoms with Crippen molar-refractivity contribution in [1.82, 2.24) is 4.98 Å². The number of rotatable bonds is 7. The van der Waals surface area contributed by atoms with E-state index in [-0.39, 0.29) is 18.8 Å². The summed E-state index contributed by atoms with van der Waals surface area (Å²) in [6, 6.07) is 9.35. The minimum atomic E-state index is -0.689. The van der Waals surface area contributed by atoms with Crippen LogP contribution >= 0.6 is 11.3 Å². The smallest absolute Gasteiger partial charge is 0.349 e. The number of methoxy groups -OCH3 is 2. The zero-order valence-electron chi connectivity index (χ0n) is 13.3. The largest absolute Gasteiger partial charge is 0.497 e. The number of nitriles is 1. The number of carbonyl (C=O) groups excluding carboxylic acids is 1. The molecule has 0 amide bonds. The van der Waals surface area contributed by atoms with E-state index in [1.807, 2.05) is 30.3 Å². The lowest BCUT2D eigenvalue weighted by Gasteiger charge is -2.02. The lowest BCUT2D eigenvalue weighted by molar-refractivity contribution is -0.139. The predicted octanol–water partition coefficient (Wildman–Crippen LogP) is 2.92. The molecule has 24 heavy (non-hydrogen) atoms. The molecule has 2 aromatic rings.